The maximum atomic E-state index is 13.5. The number of carbonyl (C=O) groups is 3. The van der Waals surface area contributed by atoms with Gasteiger partial charge in [0.1, 0.15) is 19.0 Å². The van der Waals surface area contributed by atoms with E-state index in [-0.39, 0.29) is 17.3 Å². The Morgan fingerprint density at radius 2 is 1.87 bits per heavy atom. The van der Waals surface area contributed by atoms with E-state index in [0.29, 0.717) is 32.8 Å². The van der Waals surface area contributed by atoms with Crippen LogP contribution in [0.4, 0.5) is 14.9 Å². The number of thioether (sulfide) groups is 1. The van der Waals surface area contributed by atoms with Gasteiger partial charge in [-0.1, -0.05) is 34.1 Å². The number of carbonyl (C=O) groups excluding carboxylic acids is 3. The number of imide groups is 1. The van der Waals surface area contributed by atoms with Crippen molar-refractivity contribution < 1.29 is 28.2 Å². The first-order chi connectivity index (χ1) is 18.1. The molecule has 0 aromatic heterocycles. The Labute approximate surface area is 232 Å². The summed E-state index contributed by atoms with van der Waals surface area (Å²) in [6.07, 6.45) is 1.55. The molecule has 4 rings (SSSR count). The summed E-state index contributed by atoms with van der Waals surface area (Å²) < 4.78 is 25.3. The number of benzene rings is 3. The second kappa shape index (κ2) is 11.8. The fraction of sp³-hybridized carbons (Fsp3) is 0.179. The number of aryl methyl sites for hydroxylation is 2. The van der Waals surface area contributed by atoms with Crippen molar-refractivity contribution in [2.45, 2.75) is 20.5 Å². The van der Waals surface area contributed by atoms with Crippen molar-refractivity contribution >= 4 is 56.5 Å². The van der Waals surface area contributed by atoms with E-state index in [1.165, 1.54) is 19.2 Å². The summed E-state index contributed by atoms with van der Waals surface area (Å²) in [5, 5.41) is 2.19. The third-order valence-corrected chi connectivity index (χ3v) is 7.41. The summed E-state index contributed by atoms with van der Waals surface area (Å²) in [6.45, 7) is 3.63. The van der Waals surface area contributed by atoms with Gasteiger partial charge in [0.05, 0.1) is 12.0 Å². The minimum absolute atomic E-state index is 0.128. The van der Waals surface area contributed by atoms with Crippen LogP contribution in [0.5, 0.6) is 11.5 Å². The number of nitrogens with zero attached hydrogens (tertiary/aromatic N) is 1. The monoisotopic (exact) mass is 598 g/mol. The minimum atomic E-state index is -0.562. The lowest BCUT2D eigenvalue weighted by atomic mass is 10.1. The normalized spacial score (nSPS) is 14.2. The number of amides is 3. The van der Waals surface area contributed by atoms with Crippen LogP contribution >= 0.6 is 27.7 Å². The molecule has 0 unspecified atom stereocenters. The second-order valence-corrected chi connectivity index (χ2v) is 10.4. The first-order valence-electron chi connectivity index (χ1n) is 11.5. The standard InChI is InChI=1S/C28H24BrFN2O5S/c1-16-7-8-21(9-17(16)2)31-26(33)14-32-27(34)25(38-28(32)35)12-19-11-23(36-3)24(13-22(19)29)37-15-18-5-4-6-20(30)10-18/h4-13H,14-15H2,1-3H3,(H,31,33)/b25-12+. The molecular weight excluding hydrogens is 575 g/mol. The van der Waals surface area contributed by atoms with Gasteiger partial charge in [0.25, 0.3) is 11.1 Å². The highest BCUT2D eigenvalue weighted by Crippen LogP contribution is 2.38. The van der Waals surface area contributed by atoms with E-state index in [2.05, 4.69) is 21.2 Å². The summed E-state index contributed by atoms with van der Waals surface area (Å²) in [5.74, 6) is -0.585. The van der Waals surface area contributed by atoms with Gasteiger partial charge in [0.2, 0.25) is 5.91 Å². The maximum absolute atomic E-state index is 13.5. The number of ether oxygens (including phenoxy) is 2. The molecular formula is C28H24BrFN2O5S. The second-order valence-electron chi connectivity index (χ2n) is 8.56. The van der Waals surface area contributed by atoms with E-state index >= 15 is 0 Å². The molecule has 1 heterocycles. The number of hydrogen-bond acceptors (Lipinski definition) is 6. The zero-order valence-corrected chi connectivity index (χ0v) is 23.2. The van der Waals surface area contributed by atoms with Crippen LogP contribution in [0.1, 0.15) is 22.3 Å². The molecule has 38 heavy (non-hydrogen) atoms. The summed E-state index contributed by atoms with van der Waals surface area (Å²) in [6, 6.07) is 14.9. The third-order valence-electron chi connectivity index (χ3n) is 5.82. The summed E-state index contributed by atoms with van der Waals surface area (Å²) in [7, 11) is 1.48. The largest absolute Gasteiger partial charge is 0.493 e. The number of anilines is 1. The van der Waals surface area contributed by atoms with Crippen molar-refractivity contribution in [3.05, 3.63) is 92.0 Å². The molecule has 1 fully saturated rings. The van der Waals surface area contributed by atoms with Crippen molar-refractivity contribution in [1.82, 2.24) is 4.90 Å². The molecule has 1 saturated heterocycles. The Hall–Kier alpha value is -3.63. The van der Waals surface area contributed by atoms with Gasteiger partial charge >= 0.3 is 0 Å². The van der Waals surface area contributed by atoms with Gasteiger partial charge in [-0.15, -0.1) is 0 Å². The van der Waals surface area contributed by atoms with Gasteiger partial charge in [0.15, 0.2) is 11.5 Å². The van der Waals surface area contributed by atoms with Gasteiger partial charge in [-0.2, -0.15) is 0 Å². The summed E-state index contributed by atoms with van der Waals surface area (Å²) >= 11 is 4.23. The Morgan fingerprint density at radius 3 is 2.58 bits per heavy atom. The lowest BCUT2D eigenvalue weighted by Crippen LogP contribution is -2.36. The first kappa shape index (κ1) is 27.4. The molecule has 1 N–H and O–H groups in total. The highest BCUT2D eigenvalue weighted by molar-refractivity contribution is 9.10. The van der Waals surface area contributed by atoms with E-state index in [1.807, 2.05) is 26.0 Å². The molecule has 0 aliphatic carbocycles. The lowest BCUT2D eigenvalue weighted by molar-refractivity contribution is -0.127. The van der Waals surface area contributed by atoms with Crippen molar-refractivity contribution in [1.29, 1.82) is 0 Å². The van der Waals surface area contributed by atoms with E-state index in [1.54, 1.807) is 36.4 Å². The van der Waals surface area contributed by atoms with Crippen molar-refractivity contribution in [3.63, 3.8) is 0 Å². The average molecular weight is 599 g/mol. The highest BCUT2D eigenvalue weighted by Gasteiger charge is 2.36. The minimum Gasteiger partial charge on any atom is -0.493 e. The Bertz CT molecular complexity index is 1460. The van der Waals surface area contributed by atoms with Crippen molar-refractivity contribution in [2.24, 2.45) is 0 Å². The van der Waals surface area contributed by atoms with E-state index in [0.717, 1.165) is 27.8 Å². The van der Waals surface area contributed by atoms with Crippen LogP contribution in [0.3, 0.4) is 0 Å². The van der Waals surface area contributed by atoms with Crippen molar-refractivity contribution in [3.8, 4) is 11.5 Å². The van der Waals surface area contributed by atoms with Crippen LogP contribution in [0.15, 0.2) is 64.0 Å². The topological polar surface area (TPSA) is 84.9 Å². The zero-order chi connectivity index (χ0) is 27.4. The third kappa shape index (κ3) is 6.43. The average Bonchev–Trinajstić information content (AvgIpc) is 3.13. The van der Waals surface area contributed by atoms with Gasteiger partial charge in [-0.3, -0.25) is 19.3 Å². The van der Waals surface area contributed by atoms with Gasteiger partial charge < -0.3 is 14.8 Å². The first-order valence-corrected chi connectivity index (χ1v) is 13.1. The predicted molar refractivity (Wildman–Crippen MR) is 149 cm³/mol. The molecule has 3 aromatic rings. The van der Waals surface area contributed by atoms with Crippen LogP contribution in [0, 0.1) is 19.7 Å². The van der Waals surface area contributed by atoms with Gasteiger partial charge in [0, 0.05) is 10.2 Å². The molecule has 7 nitrogen and oxygen atoms in total. The Morgan fingerprint density at radius 1 is 1.08 bits per heavy atom. The molecule has 196 valence electrons. The number of methoxy groups -OCH3 is 1. The molecule has 10 heteroatoms. The number of rotatable bonds is 8. The van der Waals surface area contributed by atoms with Crippen molar-refractivity contribution in [2.75, 3.05) is 19.0 Å². The van der Waals surface area contributed by atoms with E-state index < -0.39 is 23.6 Å². The van der Waals surface area contributed by atoms with Gasteiger partial charge in [-0.05, 0) is 90.3 Å². The number of hydrogen-bond donors (Lipinski definition) is 1. The molecule has 1 aliphatic heterocycles. The van der Waals surface area contributed by atoms with Gasteiger partial charge in [-0.25, -0.2) is 4.39 Å². The molecule has 0 atom stereocenters. The van der Waals surface area contributed by atoms with Crippen LogP contribution in [-0.4, -0.2) is 35.6 Å². The molecule has 0 bridgehead atoms. The molecule has 3 aromatic carbocycles. The summed E-state index contributed by atoms with van der Waals surface area (Å²) in [4.78, 5) is 39.1. The number of nitrogens with one attached hydrogen (secondary N) is 1. The summed E-state index contributed by atoms with van der Waals surface area (Å²) in [5.41, 5.74) is 3.93. The van der Waals surface area contributed by atoms with E-state index in [9.17, 15) is 18.8 Å². The fourth-order valence-electron chi connectivity index (χ4n) is 3.66. The lowest BCUT2D eigenvalue weighted by Gasteiger charge is -2.14. The molecule has 3 amide bonds. The van der Waals surface area contributed by atoms with Crippen LogP contribution in [0.2, 0.25) is 0 Å². The smallest absolute Gasteiger partial charge is 0.294 e. The number of halogens is 2. The fourth-order valence-corrected chi connectivity index (χ4v) is 4.93. The quantitative estimate of drug-likeness (QED) is 0.299. The van der Waals surface area contributed by atoms with E-state index in [4.69, 9.17) is 9.47 Å². The van der Waals surface area contributed by atoms with Crippen LogP contribution < -0.4 is 14.8 Å². The molecule has 0 spiro atoms. The molecule has 0 radical (unpaired) electrons. The Balaban J connectivity index is 1.47. The SMILES string of the molecule is COc1cc(/C=C2/SC(=O)N(CC(=O)Nc3ccc(C)c(C)c3)C2=O)c(Br)cc1OCc1cccc(F)c1. The van der Waals surface area contributed by atoms with Crippen LogP contribution in [-0.2, 0) is 16.2 Å². The zero-order valence-electron chi connectivity index (χ0n) is 20.8. The molecule has 0 saturated carbocycles. The maximum Gasteiger partial charge on any atom is 0.294 e. The highest BCUT2D eigenvalue weighted by atomic mass is 79.9. The van der Waals surface area contributed by atoms with Crippen LogP contribution in [0.25, 0.3) is 6.08 Å². The predicted octanol–water partition coefficient (Wildman–Crippen LogP) is 6.47. The Kier molecular flexibility index (Phi) is 8.53. The molecule has 1 aliphatic rings.